The third-order valence-corrected chi connectivity index (χ3v) is 14.3. The van der Waals surface area contributed by atoms with E-state index in [-0.39, 0.29) is 19.4 Å². The van der Waals surface area contributed by atoms with Crippen LogP contribution in [0.2, 0.25) is 0 Å². The number of allylic oxidation sites excluding steroid dienone is 20. The molecule has 0 aromatic carbocycles. The first-order valence-corrected chi connectivity index (χ1v) is 32.5. The second kappa shape index (κ2) is 57.2. The lowest BCUT2D eigenvalue weighted by atomic mass is 9.99. The number of rotatable bonds is 53. The van der Waals surface area contributed by atoms with Crippen molar-refractivity contribution < 1.29 is 49.3 Å². The number of aliphatic hydroxyl groups is 5. The van der Waals surface area contributed by atoms with Crippen molar-refractivity contribution in [3.8, 4) is 0 Å². The number of unbranched alkanes of at least 4 members (excludes halogenated alkanes) is 20. The van der Waals surface area contributed by atoms with Crippen molar-refractivity contribution in [3.05, 3.63) is 134 Å². The van der Waals surface area contributed by atoms with E-state index in [1.807, 2.05) is 18.2 Å². The molecule has 0 saturated carbocycles. The zero-order valence-electron chi connectivity index (χ0n) is 51.6. The molecule has 1 saturated heterocycles. The fourth-order valence-electron chi connectivity index (χ4n) is 9.18. The summed E-state index contributed by atoms with van der Waals surface area (Å²) < 4.78 is 17.6. The summed E-state index contributed by atoms with van der Waals surface area (Å²) in [6.07, 6.45) is 70.7. The Bertz CT molecular complexity index is 1840. The van der Waals surface area contributed by atoms with Crippen LogP contribution in [0.4, 0.5) is 0 Å². The van der Waals surface area contributed by atoms with Crippen LogP contribution in [0.25, 0.3) is 0 Å². The number of carbonyl (C=O) groups is 2. The summed E-state index contributed by atoms with van der Waals surface area (Å²) >= 11 is 0. The predicted molar refractivity (Wildman–Crippen MR) is 342 cm³/mol. The van der Waals surface area contributed by atoms with E-state index in [4.69, 9.17) is 14.2 Å². The Morgan fingerprint density at radius 2 is 0.878 bits per heavy atom. The SMILES string of the molecule is CC/C=C\C/C=C\C/C=C\C/C=C\C/C=C\C/C=C\CC(O)C(=O)NC(COC1OC(CO)C(O)C(O)C1OC(=O)CCCCCCCCC/C=C\C/C=C\C/C=C\C/C=C\CCCCC)C(O)/C=C/CCCCCCCCCCCC. The van der Waals surface area contributed by atoms with Crippen LogP contribution in [0.3, 0.4) is 0 Å². The largest absolute Gasteiger partial charge is 0.454 e. The second-order valence-corrected chi connectivity index (χ2v) is 21.8. The Morgan fingerprint density at radius 1 is 0.488 bits per heavy atom. The van der Waals surface area contributed by atoms with Gasteiger partial charge in [-0.25, -0.2) is 0 Å². The van der Waals surface area contributed by atoms with Gasteiger partial charge in [0.2, 0.25) is 5.91 Å². The van der Waals surface area contributed by atoms with E-state index < -0.39 is 67.4 Å². The highest BCUT2D eigenvalue weighted by Crippen LogP contribution is 2.26. The minimum absolute atomic E-state index is 0.0497. The van der Waals surface area contributed by atoms with Gasteiger partial charge in [-0.1, -0.05) is 257 Å². The zero-order chi connectivity index (χ0) is 59.6. The van der Waals surface area contributed by atoms with Crippen molar-refractivity contribution in [1.82, 2.24) is 5.32 Å². The highest BCUT2D eigenvalue weighted by Gasteiger charge is 2.47. The number of esters is 1. The number of hydrogen-bond acceptors (Lipinski definition) is 10. The fourth-order valence-corrected chi connectivity index (χ4v) is 9.18. The maximum Gasteiger partial charge on any atom is 0.306 e. The summed E-state index contributed by atoms with van der Waals surface area (Å²) in [6, 6.07) is -1.08. The minimum atomic E-state index is -1.64. The Morgan fingerprint density at radius 3 is 1.34 bits per heavy atom. The van der Waals surface area contributed by atoms with Crippen LogP contribution in [0, 0.1) is 0 Å². The van der Waals surface area contributed by atoms with Gasteiger partial charge in [-0.05, 0) is 103 Å². The summed E-state index contributed by atoms with van der Waals surface area (Å²) in [6.45, 7) is 5.58. The maximum atomic E-state index is 13.4. The van der Waals surface area contributed by atoms with Gasteiger partial charge in [-0.2, -0.15) is 0 Å². The monoisotopic (exact) mass is 1140 g/mol. The van der Waals surface area contributed by atoms with E-state index in [0.717, 1.165) is 122 Å². The fraction of sp³-hybridized carbons (Fsp3) is 0.662. The molecule has 0 aliphatic carbocycles. The topological polar surface area (TPSA) is 175 Å². The van der Waals surface area contributed by atoms with E-state index >= 15 is 0 Å². The lowest BCUT2D eigenvalue weighted by molar-refractivity contribution is -0.305. The molecule has 1 fully saturated rings. The number of aliphatic hydroxyl groups excluding tert-OH is 5. The number of carbonyl (C=O) groups excluding carboxylic acids is 2. The highest BCUT2D eigenvalue weighted by atomic mass is 16.7. The van der Waals surface area contributed by atoms with E-state index in [0.29, 0.717) is 12.8 Å². The molecule has 8 atom stereocenters. The molecular formula is C71H117NO10. The van der Waals surface area contributed by atoms with Gasteiger partial charge in [-0.15, -0.1) is 0 Å². The van der Waals surface area contributed by atoms with E-state index in [9.17, 15) is 35.1 Å². The van der Waals surface area contributed by atoms with Gasteiger partial charge in [-0.3, -0.25) is 9.59 Å². The van der Waals surface area contributed by atoms with Gasteiger partial charge in [0.1, 0.15) is 24.4 Å². The standard InChI is InChI=1S/C71H117NO10/c1-4-7-10-13-16-19-22-25-27-29-31-32-33-34-35-37-39-41-44-47-50-53-56-59-66(76)82-69-68(78)67(77)65(60-73)81-71(69)80-61-62(63(74)57-54-51-48-45-42-24-21-18-15-12-9-6-3)72-70(79)64(75)58-55-52-49-46-43-40-38-36-30-28-26-23-20-17-14-11-8-5-2/h8,11,16-17,19-20,25-28,31-32,34-36,38,43,46,52,54-55,57,62-65,67-69,71,73-75,77-78H,4-7,9-10,12-15,18,21-24,29-30,33,37,39-42,44-45,47-51,53,56,58-61H2,1-3H3,(H,72,79)/b11-8-,19-16-,20-17-,27-25-,28-26-,32-31-,35-34-,38-36-,46-43-,55-52-,57-54+. The van der Waals surface area contributed by atoms with Gasteiger partial charge in [0.15, 0.2) is 12.4 Å². The molecule has 0 radical (unpaired) electrons. The summed E-state index contributed by atoms with van der Waals surface area (Å²) in [4.78, 5) is 26.6. The Kier molecular flexibility index (Phi) is 52.9. The van der Waals surface area contributed by atoms with Crippen LogP contribution in [-0.2, 0) is 23.8 Å². The summed E-state index contributed by atoms with van der Waals surface area (Å²) in [5.41, 5.74) is 0. The number of amides is 1. The number of nitrogens with one attached hydrogen (secondary N) is 1. The summed E-state index contributed by atoms with van der Waals surface area (Å²) in [5, 5.41) is 56.9. The van der Waals surface area contributed by atoms with Crippen LogP contribution < -0.4 is 5.32 Å². The molecule has 0 aromatic rings. The van der Waals surface area contributed by atoms with E-state index in [1.165, 1.54) is 70.6 Å². The van der Waals surface area contributed by atoms with E-state index in [1.54, 1.807) is 12.2 Å². The van der Waals surface area contributed by atoms with Crippen molar-refractivity contribution in [1.29, 1.82) is 0 Å². The first-order valence-electron chi connectivity index (χ1n) is 32.5. The highest BCUT2D eigenvalue weighted by molar-refractivity contribution is 5.81. The molecule has 0 aromatic heterocycles. The van der Waals surface area contributed by atoms with Gasteiger partial charge in [0.25, 0.3) is 0 Å². The average Bonchev–Trinajstić information content (AvgIpc) is 3.68. The third kappa shape index (κ3) is 44.3. The predicted octanol–water partition coefficient (Wildman–Crippen LogP) is 16.0. The minimum Gasteiger partial charge on any atom is -0.454 e. The molecule has 1 aliphatic heterocycles. The molecular weight excluding hydrogens is 1030 g/mol. The first kappa shape index (κ1) is 75.8. The average molecular weight is 1140 g/mol. The van der Waals surface area contributed by atoms with Crippen molar-refractivity contribution in [2.75, 3.05) is 13.2 Å². The molecule has 1 aliphatic rings. The maximum absolute atomic E-state index is 13.4. The van der Waals surface area contributed by atoms with Crippen LogP contribution in [0.1, 0.15) is 239 Å². The van der Waals surface area contributed by atoms with Gasteiger partial charge in [0, 0.05) is 12.8 Å². The van der Waals surface area contributed by atoms with Gasteiger partial charge < -0.3 is 45.1 Å². The molecule has 6 N–H and O–H groups in total. The van der Waals surface area contributed by atoms with Crippen LogP contribution in [-0.4, -0.2) is 99.6 Å². The lowest BCUT2D eigenvalue weighted by Gasteiger charge is -2.41. The van der Waals surface area contributed by atoms with Crippen LogP contribution >= 0.6 is 0 Å². The van der Waals surface area contributed by atoms with Gasteiger partial charge in [0.05, 0.1) is 25.4 Å². The molecule has 1 amide bonds. The second-order valence-electron chi connectivity index (χ2n) is 21.8. The van der Waals surface area contributed by atoms with Crippen molar-refractivity contribution in [2.45, 2.75) is 288 Å². The molecule has 11 heteroatoms. The first-order chi connectivity index (χ1) is 40.2. The van der Waals surface area contributed by atoms with Crippen LogP contribution in [0.15, 0.2) is 134 Å². The molecule has 0 bridgehead atoms. The quantitative estimate of drug-likeness (QED) is 0.0195. The third-order valence-electron chi connectivity index (χ3n) is 14.3. The molecule has 11 nitrogen and oxygen atoms in total. The Balaban J connectivity index is 2.70. The molecule has 8 unspecified atom stereocenters. The molecule has 1 rings (SSSR count). The van der Waals surface area contributed by atoms with Crippen molar-refractivity contribution in [2.24, 2.45) is 0 Å². The summed E-state index contributed by atoms with van der Waals surface area (Å²) in [5.74, 6) is -1.30. The molecule has 1 heterocycles. The smallest absolute Gasteiger partial charge is 0.306 e. The molecule has 0 spiro atoms. The molecule has 82 heavy (non-hydrogen) atoms. The summed E-state index contributed by atoms with van der Waals surface area (Å²) in [7, 11) is 0. The Labute approximate surface area is 499 Å². The Hall–Kier alpha value is -4.20. The van der Waals surface area contributed by atoms with Gasteiger partial charge >= 0.3 is 5.97 Å². The van der Waals surface area contributed by atoms with Crippen molar-refractivity contribution >= 4 is 11.9 Å². The normalized spacial score (nSPS) is 19.5. The zero-order valence-corrected chi connectivity index (χ0v) is 51.6. The lowest BCUT2D eigenvalue weighted by Crippen LogP contribution is -2.61. The van der Waals surface area contributed by atoms with Crippen LogP contribution in [0.5, 0.6) is 0 Å². The van der Waals surface area contributed by atoms with E-state index in [2.05, 4.69) is 129 Å². The number of hydrogen-bond donors (Lipinski definition) is 6. The number of ether oxygens (including phenoxy) is 3. The molecule has 466 valence electrons. The van der Waals surface area contributed by atoms with Crippen molar-refractivity contribution in [3.63, 3.8) is 0 Å².